The van der Waals surface area contributed by atoms with Gasteiger partial charge in [-0.3, -0.25) is 0 Å². The van der Waals surface area contributed by atoms with E-state index in [4.69, 9.17) is 9.47 Å². The average molecular weight is 326 g/mol. The summed E-state index contributed by atoms with van der Waals surface area (Å²) in [5.74, 6) is 2.61. The minimum absolute atomic E-state index is 0.0813. The molecule has 2 aromatic heterocycles. The number of ether oxygens (including phenoxy) is 2. The highest BCUT2D eigenvalue weighted by Gasteiger charge is 2.19. The van der Waals surface area contributed by atoms with Gasteiger partial charge in [-0.25, -0.2) is 9.97 Å². The zero-order valence-electron chi connectivity index (χ0n) is 14.3. The van der Waals surface area contributed by atoms with Crippen LogP contribution in [0.2, 0.25) is 0 Å². The molecule has 126 valence electrons. The van der Waals surface area contributed by atoms with Gasteiger partial charge in [-0.1, -0.05) is 19.9 Å². The maximum absolute atomic E-state index is 5.43. The van der Waals surface area contributed by atoms with Crippen molar-refractivity contribution in [1.82, 2.24) is 15.0 Å². The molecule has 0 unspecified atom stereocenters. The number of H-pyrrole nitrogens is 1. The Labute approximate surface area is 141 Å². The molecule has 0 bridgehead atoms. The zero-order valence-corrected chi connectivity index (χ0v) is 14.3. The number of benzene rings is 1. The Kier molecular flexibility index (Phi) is 4.55. The highest BCUT2D eigenvalue weighted by molar-refractivity contribution is 5.86. The summed E-state index contributed by atoms with van der Waals surface area (Å²) >= 11 is 0. The average Bonchev–Trinajstić information content (AvgIpc) is 3.08. The third-order valence-corrected chi connectivity index (χ3v) is 4.08. The SMILES string of the molecule is COc1ccc([C@@H](Nc2ncnc3[nH]ccc23)C(C)C)cc1OC. The molecule has 6 nitrogen and oxygen atoms in total. The number of rotatable bonds is 6. The smallest absolute Gasteiger partial charge is 0.161 e. The molecular formula is C18H22N4O2. The molecule has 6 heteroatoms. The highest BCUT2D eigenvalue weighted by atomic mass is 16.5. The Balaban J connectivity index is 1.97. The van der Waals surface area contributed by atoms with Crippen LogP contribution in [0, 0.1) is 5.92 Å². The summed E-state index contributed by atoms with van der Waals surface area (Å²) in [6.07, 6.45) is 3.43. The van der Waals surface area contributed by atoms with Gasteiger partial charge in [0.2, 0.25) is 0 Å². The van der Waals surface area contributed by atoms with Crippen LogP contribution in [0.3, 0.4) is 0 Å². The van der Waals surface area contributed by atoms with Gasteiger partial charge in [0.05, 0.1) is 25.6 Å². The second-order valence-corrected chi connectivity index (χ2v) is 5.94. The molecule has 0 saturated carbocycles. The van der Waals surface area contributed by atoms with Crippen LogP contribution in [0.25, 0.3) is 11.0 Å². The lowest BCUT2D eigenvalue weighted by Crippen LogP contribution is -2.18. The van der Waals surface area contributed by atoms with Crippen molar-refractivity contribution >= 4 is 16.9 Å². The molecule has 24 heavy (non-hydrogen) atoms. The third-order valence-electron chi connectivity index (χ3n) is 4.08. The fraction of sp³-hybridized carbons (Fsp3) is 0.333. The number of anilines is 1. The van der Waals surface area contributed by atoms with E-state index in [1.807, 2.05) is 24.4 Å². The van der Waals surface area contributed by atoms with Crippen LogP contribution >= 0.6 is 0 Å². The Bertz CT molecular complexity index is 829. The first kappa shape index (κ1) is 16.1. The Hall–Kier alpha value is -2.76. The van der Waals surface area contributed by atoms with E-state index in [0.717, 1.165) is 33.9 Å². The molecule has 0 fully saturated rings. The normalized spacial score (nSPS) is 12.4. The van der Waals surface area contributed by atoms with Crippen LogP contribution in [0.15, 0.2) is 36.8 Å². The quantitative estimate of drug-likeness (QED) is 0.721. The topological polar surface area (TPSA) is 72.1 Å². The van der Waals surface area contributed by atoms with Crippen molar-refractivity contribution in [3.05, 3.63) is 42.4 Å². The lowest BCUT2D eigenvalue weighted by atomic mass is 9.95. The number of aromatic nitrogens is 3. The fourth-order valence-corrected chi connectivity index (χ4v) is 2.82. The monoisotopic (exact) mass is 326 g/mol. The number of hydrogen-bond donors (Lipinski definition) is 2. The summed E-state index contributed by atoms with van der Waals surface area (Å²) in [4.78, 5) is 11.7. The van der Waals surface area contributed by atoms with Gasteiger partial charge in [-0.05, 0) is 29.7 Å². The number of fused-ring (bicyclic) bond motifs is 1. The van der Waals surface area contributed by atoms with Crippen molar-refractivity contribution in [3.63, 3.8) is 0 Å². The van der Waals surface area contributed by atoms with Gasteiger partial charge in [-0.15, -0.1) is 0 Å². The van der Waals surface area contributed by atoms with Gasteiger partial charge in [0.15, 0.2) is 11.5 Å². The minimum Gasteiger partial charge on any atom is -0.493 e. The molecule has 1 atom stereocenters. The highest BCUT2D eigenvalue weighted by Crippen LogP contribution is 2.34. The van der Waals surface area contributed by atoms with Crippen molar-refractivity contribution < 1.29 is 9.47 Å². The molecule has 3 rings (SSSR count). The van der Waals surface area contributed by atoms with E-state index in [0.29, 0.717) is 5.92 Å². The van der Waals surface area contributed by atoms with E-state index in [-0.39, 0.29) is 6.04 Å². The summed E-state index contributed by atoms with van der Waals surface area (Å²) in [7, 11) is 3.28. The molecule has 2 N–H and O–H groups in total. The predicted octanol–water partition coefficient (Wildman–Crippen LogP) is 3.78. The zero-order chi connectivity index (χ0) is 17.1. The molecule has 0 saturated heterocycles. The first-order chi connectivity index (χ1) is 11.6. The lowest BCUT2D eigenvalue weighted by Gasteiger charge is -2.24. The number of nitrogens with one attached hydrogen (secondary N) is 2. The van der Waals surface area contributed by atoms with E-state index in [1.165, 1.54) is 0 Å². The van der Waals surface area contributed by atoms with Gasteiger partial charge in [0.1, 0.15) is 17.8 Å². The first-order valence-electron chi connectivity index (χ1n) is 7.90. The van der Waals surface area contributed by atoms with Gasteiger partial charge in [-0.2, -0.15) is 0 Å². The summed E-state index contributed by atoms with van der Waals surface area (Å²) in [5, 5.41) is 4.52. The second-order valence-electron chi connectivity index (χ2n) is 5.94. The standard InChI is InChI=1S/C18H22N4O2/c1-11(2)16(12-5-6-14(23-3)15(9-12)24-4)22-18-13-7-8-19-17(13)20-10-21-18/h5-11,16H,1-4H3,(H2,19,20,21,22)/t16-/m0/s1. The van der Waals surface area contributed by atoms with Crippen LogP contribution < -0.4 is 14.8 Å². The lowest BCUT2D eigenvalue weighted by molar-refractivity contribution is 0.354. The molecule has 2 heterocycles. The van der Waals surface area contributed by atoms with E-state index in [1.54, 1.807) is 20.5 Å². The molecule has 3 aromatic rings. The number of nitrogens with zero attached hydrogens (tertiary/aromatic N) is 2. The molecular weight excluding hydrogens is 304 g/mol. The van der Waals surface area contributed by atoms with Crippen LogP contribution in [-0.4, -0.2) is 29.2 Å². The van der Waals surface area contributed by atoms with Crippen molar-refractivity contribution in [3.8, 4) is 11.5 Å². The van der Waals surface area contributed by atoms with Crippen molar-refractivity contribution in [2.24, 2.45) is 5.92 Å². The Morgan fingerprint density at radius 2 is 1.83 bits per heavy atom. The summed E-state index contributed by atoms with van der Waals surface area (Å²) in [5.41, 5.74) is 1.94. The van der Waals surface area contributed by atoms with Crippen LogP contribution in [0.1, 0.15) is 25.5 Å². The largest absolute Gasteiger partial charge is 0.493 e. The van der Waals surface area contributed by atoms with E-state index in [9.17, 15) is 0 Å². The summed E-state index contributed by atoms with van der Waals surface area (Å²) in [6, 6.07) is 8.04. The maximum atomic E-state index is 5.43. The van der Waals surface area contributed by atoms with Gasteiger partial charge >= 0.3 is 0 Å². The minimum atomic E-state index is 0.0813. The number of hydrogen-bond acceptors (Lipinski definition) is 5. The molecule has 0 aliphatic rings. The fourth-order valence-electron chi connectivity index (χ4n) is 2.82. The van der Waals surface area contributed by atoms with Crippen molar-refractivity contribution in [1.29, 1.82) is 0 Å². The first-order valence-corrected chi connectivity index (χ1v) is 7.90. The van der Waals surface area contributed by atoms with Crippen LogP contribution in [0.5, 0.6) is 11.5 Å². The van der Waals surface area contributed by atoms with Crippen LogP contribution in [0.4, 0.5) is 5.82 Å². The van der Waals surface area contributed by atoms with E-state index >= 15 is 0 Å². The van der Waals surface area contributed by atoms with Crippen molar-refractivity contribution in [2.45, 2.75) is 19.9 Å². The summed E-state index contributed by atoms with van der Waals surface area (Å²) < 4.78 is 10.8. The number of methoxy groups -OCH3 is 2. The van der Waals surface area contributed by atoms with Gasteiger partial charge < -0.3 is 19.8 Å². The van der Waals surface area contributed by atoms with Crippen LogP contribution in [-0.2, 0) is 0 Å². The predicted molar refractivity (Wildman–Crippen MR) is 94.6 cm³/mol. The maximum Gasteiger partial charge on any atom is 0.161 e. The van der Waals surface area contributed by atoms with E-state index < -0.39 is 0 Å². The van der Waals surface area contributed by atoms with Gasteiger partial charge in [0.25, 0.3) is 0 Å². The van der Waals surface area contributed by atoms with Crippen molar-refractivity contribution in [2.75, 3.05) is 19.5 Å². The second kappa shape index (κ2) is 6.78. The van der Waals surface area contributed by atoms with E-state index in [2.05, 4.69) is 40.2 Å². The molecule has 0 amide bonds. The molecule has 0 radical (unpaired) electrons. The molecule has 0 spiro atoms. The molecule has 1 aromatic carbocycles. The number of aromatic amines is 1. The Morgan fingerprint density at radius 3 is 2.54 bits per heavy atom. The van der Waals surface area contributed by atoms with Gasteiger partial charge in [0, 0.05) is 6.20 Å². The molecule has 0 aliphatic carbocycles. The third kappa shape index (κ3) is 2.99. The summed E-state index contributed by atoms with van der Waals surface area (Å²) in [6.45, 7) is 4.34. The Morgan fingerprint density at radius 1 is 1.04 bits per heavy atom. The molecule has 0 aliphatic heterocycles.